The summed E-state index contributed by atoms with van der Waals surface area (Å²) in [6.45, 7) is 15.3. The fraction of sp³-hybridized carbons (Fsp3) is 0.688. The number of hydrogen-bond donors (Lipinski definition) is 3. The molecule has 4 aliphatic carbocycles. The van der Waals surface area contributed by atoms with Gasteiger partial charge in [-0.05, 0) is 82.4 Å². The zero-order valence-corrected chi connectivity index (χ0v) is 25.1. The van der Waals surface area contributed by atoms with Crippen LogP contribution in [-0.2, 0) is 23.9 Å². The Morgan fingerprint density at radius 3 is 2.25 bits per heavy atom. The Morgan fingerprint density at radius 1 is 1.07 bits per heavy atom. The second kappa shape index (κ2) is 8.96. The van der Waals surface area contributed by atoms with Crippen LogP contribution in [0.4, 0.5) is 0 Å². The van der Waals surface area contributed by atoms with Crippen molar-refractivity contribution in [2.75, 3.05) is 0 Å². The van der Waals surface area contributed by atoms with Crippen LogP contribution in [0, 0.1) is 39.4 Å². The van der Waals surface area contributed by atoms with E-state index < -0.39 is 62.6 Å². The van der Waals surface area contributed by atoms with Crippen molar-refractivity contribution in [3.05, 3.63) is 35.6 Å². The van der Waals surface area contributed by atoms with Crippen molar-refractivity contribution in [1.29, 1.82) is 0 Å². The van der Waals surface area contributed by atoms with Gasteiger partial charge in [0.15, 0.2) is 11.5 Å². The molecule has 0 radical (unpaired) electrons. The lowest BCUT2D eigenvalue weighted by molar-refractivity contribution is -0.179. The molecular weight excluding hydrogens is 512 g/mol. The van der Waals surface area contributed by atoms with E-state index in [1.165, 1.54) is 32.1 Å². The predicted molar refractivity (Wildman–Crippen MR) is 148 cm³/mol. The smallest absolute Gasteiger partial charge is 0.303 e. The number of carbonyl (C=O) groups is 4. The van der Waals surface area contributed by atoms with Gasteiger partial charge in [-0.25, -0.2) is 0 Å². The molecule has 0 spiro atoms. The molecule has 0 unspecified atom stereocenters. The first-order valence-corrected chi connectivity index (χ1v) is 14.1. The number of aliphatic hydroxyl groups excluding tert-OH is 2. The normalized spacial score (nSPS) is 40.4. The van der Waals surface area contributed by atoms with E-state index in [1.54, 1.807) is 27.7 Å². The Hall–Kier alpha value is -2.58. The number of ketones is 3. The highest BCUT2D eigenvalue weighted by Gasteiger charge is 2.74. The van der Waals surface area contributed by atoms with Crippen molar-refractivity contribution in [2.45, 2.75) is 98.9 Å². The van der Waals surface area contributed by atoms with Gasteiger partial charge in [-0.1, -0.05) is 32.4 Å². The van der Waals surface area contributed by atoms with Crippen molar-refractivity contribution in [3.8, 4) is 0 Å². The first-order chi connectivity index (χ1) is 18.1. The summed E-state index contributed by atoms with van der Waals surface area (Å²) in [5.41, 5.74) is -5.72. The number of rotatable bonds is 5. The molecule has 8 nitrogen and oxygen atoms in total. The average molecular weight is 557 g/mol. The molecule has 4 aliphatic rings. The van der Waals surface area contributed by atoms with Crippen molar-refractivity contribution in [2.24, 2.45) is 39.4 Å². The Kier molecular flexibility index (Phi) is 6.80. The first kappa shape index (κ1) is 30.4. The molecule has 2 fully saturated rings. The van der Waals surface area contributed by atoms with E-state index in [4.69, 9.17) is 4.74 Å². The highest BCUT2D eigenvalue weighted by molar-refractivity contribution is 6.02. The first-order valence-electron chi connectivity index (χ1n) is 14.1. The van der Waals surface area contributed by atoms with Crippen LogP contribution in [0.5, 0.6) is 0 Å². The molecule has 0 aromatic heterocycles. The summed E-state index contributed by atoms with van der Waals surface area (Å²) in [6.07, 6.45) is 5.89. The second-order valence-electron chi connectivity index (χ2n) is 14.4. The Balaban J connectivity index is 1.76. The number of Topliss-reactive ketones (excluding diaryl/α,β-unsaturated/α-hetero) is 2. The molecule has 0 aromatic carbocycles. The SMILES string of the molecule is CC(=O)OC(C)(C)/C=C/C(=O)[C@](C)(O)[C@H]1[C@H](O)C[C@@]2(C)[C@@H]3CC=C4[C@H](C=C(O)C(=O)C4(C)C)[C@@]3(C)C(=O)C[C@]12C. The lowest BCUT2D eigenvalue weighted by Gasteiger charge is -2.63. The molecule has 220 valence electrons. The van der Waals surface area contributed by atoms with Crippen molar-refractivity contribution in [1.82, 2.24) is 0 Å². The summed E-state index contributed by atoms with van der Waals surface area (Å²) < 4.78 is 5.22. The van der Waals surface area contributed by atoms with Crippen LogP contribution in [0.25, 0.3) is 0 Å². The molecule has 8 heteroatoms. The van der Waals surface area contributed by atoms with Gasteiger partial charge in [-0.15, -0.1) is 0 Å². The minimum Gasteiger partial charge on any atom is -0.505 e. The van der Waals surface area contributed by atoms with Crippen molar-refractivity contribution < 1.29 is 39.2 Å². The van der Waals surface area contributed by atoms with Crippen LogP contribution in [0.2, 0.25) is 0 Å². The van der Waals surface area contributed by atoms with E-state index in [0.717, 1.165) is 5.57 Å². The van der Waals surface area contributed by atoms with E-state index in [0.29, 0.717) is 6.42 Å². The minimum atomic E-state index is -2.00. The van der Waals surface area contributed by atoms with Gasteiger partial charge in [-0.2, -0.15) is 0 Å². The summed E-state index contributed by atoms with van der Waals surface area (Å²) >= 11 is 0. The van der Waals surface area contributed by atoms with Crippen LogP contribution in [0.3, 0.4) is 0 Å². The monoisotopic (exact) mass is 556 g/mol. The molecule has 0 heterocycles. The van der Waals surface area contributed by atoms with Crippen molar-refractivity contribution in [3.63, 3.8) is 0 Å². The minimum absolute atomic E-state index is 0.0249. The number of aliphatic hydroxyl groups is 3. The quantitative estimate of drug-likeness (QED) is 0.260. The number of allylic oxidation sites excluding steroid dienone is 4. The third-order valence-electron chi connectivity index (χ3n) is 11.2. The summed E-state index contributed by atoms with van der Waals surface area (Å²) in [7, 11) is 0. The van der Waals surface area contributed by atoms with Gasteiger partial charge >= 0.3 is 5.97 Å². The fourth-order valence-corrected chi connectivity index (χ4v) is 8.98. The number of ether oxygens (including phenoxy) is 1. The lowest BCUT2D eigenvalue weighted by Crippen LogP contribution is -2.64. The lowest BCUT2D eigenvalue weighted by atomic mass is 9.39. The molecule has 3 N–H and O–H groups in total. The van der Waals surface area contributed by atoms with Crippen LogP contribution in [0.15, 0.2) is 35.6 Å². The molecule has 4 rings (SSSR count). The average Bonchev–Trinajstić information content (AvgIpc) is 3.01. The number of esters is 1. The number of carbonyl (C=O) groups excluding carboxylic acids is 4. The third-order valence-corrected chi connectivity index (χ3v) is 11.2. The highest BCUT2D eigenvalue weighted by Crippen LogP contribution is 2.73. The summed E-state index contributed by atoms with van der Waals surface area (Å²) in [5.74, 6) is -3.61. The topological polar surface area (TPSA) is 138 Å². The molecule has 0 saturated heterocycles. The standard InChI is InChI=1S/C32H44O8/c1-17(33)40-27(2,3)13-12-23(36)32(9,39)25-21(35)15-29(6)22-11-10-18-19(14-20(34)26(38)28(18,4)5)31(22,8)24(37)16-30(25,29)7/h10,12-14,19,21-22,25,34-35,39H,11,15-16H2,1-9H3/b13-12+/t19-,21+,22-,25-,29-,30+,31+,32-/m0/s1. The van der Waals surface area contributed by atoms with E-state index in [2.05, 4.69) is 0 Å². The van der Waals surface area contributed by atoms with Crippen LogP contribution < -0.4 is 0 Å². The summed E-state index contributed by atoms with van der Waals surface area (Å²) in [5, 5.41) is 33.8. The van der Waals surface area contributed by atoms with E-state index in [9.17, 15) is 34.5 Å². The Bertz CT molecular complexity index is 1270. The van der Waals surface area contributed by atoms with Gasteiger partial charge < -0.3 is 20.1 Å². The number of fused-ring (bicyclic) bond motifs is 5. The van der Waals surface area contributed by atoms with Crippen LogP contribution in [0.1, 0.15) is 81.6 Å². The van der Waals surface area contributed by atoms with E-state index in [1.807, 2.05) is 26.8 Å². The maximum absolute atomic E-state index is 14.3. The molecule has 40 heavy (non-hydrogen) atoms. The van der Waals surface area contributed by atoms with Gasteiger partial charge in [0.25, 0.3) is 0 Å². The summed E-state index contributed by atoms with van der Waals surface area (Å²) in [4.78, 5) is 52.0. The molecule has 2 saturated carbocycles. The van der Waals surface area contributed by atoms with Gasteiger partial charge in [0.1, 0.15) is 17.0 Å². The highest BCUT2D eigenvalue weighted by atomic mass is 16.6. The van der Waals surface area contributed by atoms with Crippen molar-refractivity contribution >= 4 is 23.3 Å². The van der Waals surface area contributed by atoms with Gasteiger partial charge in [0.2, 0.25) is 5.78 Å². The van der Waals surface area contributed by atoms with Crippen LogP contribution >= 0.6 is 0 Å². The zero-order valence-electron chi connectivity index (χ0n) is 25.1. The van der Waals surface area contributed by atoms with Gasteiger partial charge in [0, 0.05) is 30.6 Å². The Labute approximate surface area is 236 Å². The van der Waals surface area contributed by atoms with Gasteiger partial charge in [-0.3, -0.25) is 19.2 Å². The largest absolute Gasteiger partial charge is 0.505 e. The Morgan fingerprint density at radius 2 is 1.68 bits per heavy atom. The maximum Gasteiger partial charge on any atom is 0.303 e. The molecule has 0 aliphatic heterocycles. The molecular formula is C32H44O8. The fourth-order valence-electron chi connectivity index (χ4n) is 8.98. The summed E-state index contributed by atoms with van der Waals surface area (Å²) in [6, 6.07) is 0. The van der Waals surface area contributed by atoms with E-state index >= 15 is 0 Å². The van der Waals surface area contributed by atoms with E-state index in [-0.39, 0.29) is 36.1 Å². The molecule has 0 bridgehead atoms. The maximum atomic E-state index is 14.3. The predicted octanol–water partition coefficient (Wildman–Crippen LogP) is 4.19. The second-order valence-corrected chi connectivity index (χ2v) is 14.4. The van der Waals surface area contributed by atoms with Gasteiger partial charge in [0.05, 0.1) is 11.5 Å². The molecule has 8 atom stereocenters. The van der Waals surface area contributed by atoms with Crippen LogP contribution in [-0.4, -0.2) is 55.9 Å². The molecule has 0 aromatic rings. The zero-order chi connectivity index (χ0) is 30.4. The molecule has 0 amide bonds. The third kappa shape index (κ3) is 4.00. The number of hydrogen-bond acceptors (Lipinski definition) is 8.